The maximum absolute atomic E-state index is 12.2. The summed E-state index contributed by atoms with van der Waals surface area (Å²) in [4.78, 5) is 23.5. The highest BCUT2D eigenvalue weighted by molar-refractivity contribution is 8.01. The summed E-state index contributed by atoms with van der Waals surface area (Å²) in [7, 11) is 0. The molecule has 0 saturated heterocycles. The number of ether oxygens (including phenoxy) is 3. The fourth-order valence-electron chi connectivity index (χ4n) is 2.05. The highest BCUT2D eigenvalue weighted by Crippen LogP contribution is 2.38. The predicted octanol–water partition coefficient (Wildman–Crippen LogP) is 3.26. The first-order chi connectivity index (χ1) is 13.0. The number of rotatable bonds is 6. The van der Waals surface area contributed by atoms with Crippen molar-refractivity contribution < 1.29 is 23.8 Å². The SMILES string of the molecule is CCOC(=O)Nc1nnc(SCC(=O)Nc2cc3c(cc2Cl)OCCO3)s1. The molecule has 1 aliphatic heterocycles. The standard InChI is InChI=1S/C15H15ClN4O5S2/c1-2-23-14(22)18-13-19-20-15(27-13)26-7-12(21)17-9-6-11-10(5-8(9)16)24-3-4-25-11/h5-6H,2-4,7H2,1H3,(H,17,21)(H,18,19,22). The lowest BCUT2D eigenvalue weighted by atomic mass is 10.2. The van der Waals surface area contributed by atoms with Gasteiger partial charge in [-0.1, -0.05) is 34.7 Å². The van der Waals surface area contributed by atoms with Gasteiger partial charge in [-0.3, -0.25) is 10.1 Å². The molecule has 1 aromatic heterocycles. The van der Waals surface area contributed by atoms with Crippen LogP contribution in [0.25, 0.3) is 0 Å². The third-order valence-corrected chi connectivity index (χ3v) is 5.41. The van der Waals surface area contributed by atoms with Gasteiger partial charge in [0.1, 0.15) is 13.2 Å². The Morgan fingerprint density at radius 1 is 1.26 bits per heavy atom. The van der Waals surface area contributed by atoms with Gasteiger partial charge in [0.2, 0.25) is 11.0 Å². The second-order valence-electron chi connectivity index (χ2n) is 5.03. The second kappa shape index (κ2) is 9.11. The van der Waals surface area contributed by atoms with E-state index >= 15 is 0 Å². The summed E-state index contributed by atoms with van der Waals surface area (Å²) in [5.74, 6) is 0.911. The lowest BCUT2D eigenvalue weighted by Crippen LogP contribution is -2.17. The Morgan fingerprint density at radius 2 is 2.00 bits per heavy atom. The van der Waals surface area contributed by atoms with Crippen molar-refractivity contribution >= 4 is 57.5 Å². The maximum atomic E-state index is 12.2. The molecular weight excluding hydrogens is 416 g/mol. The molecule has 12 heteroatoms. The van der Waals surface area contributed by atoms with Gasteiger partial charge < -0.3 is 19.5 Å². The van der Waals surface area contributed by atoms with Gasteiger partial charge in [-0.25, -0.2) is 4.79 Å². The monoisotopic (exact) mass is 430 g/mol. The predicted molar refractivity (Wildman–Crippen MR) is 102 cm³/mol. The first-order valence-electron chi connectivity index (χ1n) is 7.84. The van der Waals surface area contributed by atoms with Crippen molar-refractivity contribution in [2.45, 2.75) is 11.3 Å². The van der Waals surface area contributed by atoms with Crippen LogP contribution in [-0.2, 0) is 9.53 Å². The van der Waals surface area contributed by atoms with E-state index in [-0.39, 0.29) is 18.3 Å². The van der Waals surface area contributed by atoms with Crippen LogP contribution in [0.1, 0.15) is 6.92 Å². The third-order valence-electron chi connectivity index (χ3n) is 3.12. The van der Waals surface area contributed by atoms with Crippen molar-refractivity contribution in [2.24, 2.45) is 0 Å². The van der Waals surface area contributed by atoms with Crippen molar-refractivity contribution in [3.63, 3.8) is 0 Å². The van der Waals surface area contributed by atoms with Crippen LogP contribution in [-0.4, -0.2) is 47.8 Å². The molecule has 0 unspecified atom stereocenters. The summed E-state index contributed by atoms with van der Waals surface area (Å²) >= 11 is 8.50. The summed E-state index contributed by atoms with van der Waals surface area (Å²) in [5.41, 5.74) is 0.438. The molecule has 0 radical (unpaired) electrons. The van der Waals surface area contributed by atoms with Crippen LogP contribution in [0.5, 0.6) is 11.5 Å². The van der Waals surface area contributed by atoms with Crippen molar-refractivity contribution in [3.05, 3.63) is 17.2 Å². The van der Waals surface area contributed by atoms with Gasteiger partial charge in [-0.15, -0.1) is 10.2 Å². The van der Waals surface area contributed by atoms with Gasteiger partial charge in [0.25, 0.3) is 0 Å². The number of hydrogen-bond acceptors (Lipinski definition) is 9. The Morgan fingerprint density at radius 3 is 2.74 bits per heavy atom. The molecule has 9 nitrogen and oxygen atoms in total. The molecule has 0 bridgehead atoms. The number of amides is 2. The number of thioether (sulfide) groups is 1. The van der Waals surface area contributed by atoms with E-state index in [1.54, 1.807) is 19.1 Å². The number of fused-ring (bicyclic) bond motifs is 1. The summed E-state index contributed by atoms with van der Waals surface area (Å²) in [5, 5.41) is 13.6. The molecule has 27 heavy (non-hydrogen) atoms. The van der Waals surface area contributed by atoms with Crippen molar-refractivity contribution in [1.82, 2.24) is 10.2 Å². The van der Waals surface area contributed by atoms with Gasteiger partial charge in [-0.2, -0.15) is 0 Å². The molecule has 0 aliphatic carbocycles. The number of carbonyl (C=O) groups excluding carboxylic acids is 2. The number of halogens is 1. The molecule has 1 aromatic carbocycles. The molecular formula is C15H15ClN4O5S2. The summed E-state index contributed by atoms with van der Waals surface area (Å²) in [6.07, 6.45) is -0.601. The number of anilines is 2. The summed E-state index contributed by atoms with van der Waals surface area (Å²) in [6, 6.07) is 3.24. The quantitative estimate of drug-likeness (QED) is 0.530. The molecule has 2 N–H and O–H groups in total. The minimum absolute atomic E-state index is 0.0960. The Hall–Kier alpha value is -2.24. The lowest BCUT2D eigenvalue weighted by molar-refractivity contribution is -0.113. The Bertz CT molecular complexity index is 848. The highest BCUT2D eigenvalue weighted by Gasteiger charge is 2.17. The van der Waals surface area contributed by atoms with Crippen molar-refractivity contribution in [2.75, 3.05) is 36.2 Å². The fourth-order valence-corrected chi connectivity index (χ4v) is 3.78. The molecule has 0 saturated carbocycles. The zero-order valence-corrected chi connectivity index (χ0v) is 16.5. The number of carbonyl (C=O) groups is 2. The van der Waals surface area contributed by atoms with Crippen LogP contribution in [0.3, 0.4) is 0 Å². The normalized spacial score (nSPS) is 12.4. The van der Waals surface area contributed by atoms with Crippen LogP contribution in [0.15, 0.2) is 16.5 Å². The minimum atomic E-state index is -0.601. The molecule has 2 heterocycles. The molecule has 1 aliphatic rings. The van der Waals surface area contributed by atoms with Gasteiger partial charge in [-0.05, 0) is 6.92 Å². The number of aromatic nitrogens is 2. The third kappa shape index (κ3) is 5.37. The fraction of sp³-hybridized carbons (Fsp3) is 0.333. The van der Waals surface area contributed by atoms with E-state index in [2.05, 4.69) is 20.8 Å². The maximum Gasteiger partial charge on any atom is 0.413 e. The van der Waals surface area contributed by atoms with Crippen molar-refractivity contribution in [1.29, 1.82) is 0 Å². The summed E-state index contributed by atoms with van der Waals surface area (Å²) < 4.78 is 16.2. The van der Waals surface area contributed by atoms with Crippen LogP contribution >= 0.6 is 34.7 Å². The number of hydrogen-bond donors (Lipinski definition) is 2. The topological polar surface area (TPSA) is 112 Å². The number of nitrogens with one attached hydrogen (secondary N) is 2. The number of nitrogens with zero attached hydrogens (tertiary/aromatic N) is 2. The Balaban J connectivity index is 1.53. The van der Waals surface area contributed by atoms with Gasteiger partial charge in [0, 0.05) is 12.1 Å². The lowest BCUT2D eigenvalue weighted by Gasteiger charge is -2.19. The van der Waals surface area contributed by atoms with E-state index in [1.807, 2.05) is 0 Å². The first kappa shape index (κ1) is 19.5. The van der Waals surface area contributed by atoms with Crippen LogP contribution in [0, 0.1) is 0 Å². The molecule has 2 aromatic rings. The largest absolute Gasteiger partial charge is 0.486 e. The van der Waals surface area contributed by atoms with Crippen LogP contribution in [0.4, 0.5) is 15.6 Å². The first-order valence-corrected chi connectivity index (χ1v) is 10.0. The van der Waals surface area contributed by atoms with Crippen LogP contribution in [0.2, 0.25) is 5.02 Å². The highest BCUT2D eigenvalue weighted by atomic mass is 35.5. The summed E-state index contributed by atoms with van der Waals surface area (Å²) in [6.45, 7) is 2.86. The van der Waals surface area contributed by atoms with Gasteiger partial charge in [0.05, 0.1) is 23.1 Å². The van der Waals surface area contributed by atoms with Gasteiger partial charge in [0.15, 0.2) is 15.8 Å². The van der Waals surface area contributed by atoms with E-state index in [4.69, 9.17) is 25.8 Å². The zero-order chi connectivity index (χ0) is 19.2. The molecule has 3 rings (SSSR count). The van der Waals surface area contributed by atoms with Gasteiger partial charge >= 0.3 is 6.09 Å². The van der Waals surface area contributed by atoms with E-state index < -0.39 is 6.09 Å². The molecule has 0 atom stereocenters. The average molecular weight is 431 g/mol. The number of benzene rings is 1. The zero-order valence-electron chi connectivity index (χ0n) is 14.1. The van der Waals surface area contributed by atoms with E-state index in [9.17, 15) is 9.59 Å². The average Bonchev–Trinajstić information content (AvgIpc) is 3.08. The molecule has 0 fully saturated rings. The molecule has 0 spiro atoms. The van der Waals surface area contributed by atoms with E-state index in [0.717, 1.165) is 11.3 Å². The Kier molecular flexibility index (Phi) is 6.58. The molecule has 144 valence electrons. The second-order valence-corrected chi connectivity index (χ2v) is 7.64. The van der Waals surface area contributed by atoms with Crippen molar-refractivity contribution in [3.8, 4) is 11.5 Å². The van der Waals surface area contributed by atoms with E-state index in [1.165, 1.54) is 11.8 Å². The van der Waals surface area contributed by atoms with Crippen LogP contribution < -0.4 is 20.1 Å². The smallest absolute Gasteiger partial charge is 0.413 e. The minimum Gasteiger partial charge on any atom is -0.486 e. The Labute approximate surface area is 167 Å². The van der Waals surface area contributed by atoms with E-state index in [0.29, 0.717) is 44.9 Å². The molecule has 2 amide bonds.